The first-order valence-corrected chi connectivity index (χ1v) is 5.69. The molecule has 0 spiro atoms. The van der Waals surface area contributed by atoms with Gasteiger partial charge in [0.05, 0.1) is 0 Å². The summed E-state index contributed by atoms with van der Waals surface area (Å²) in [5.74, 6) is -0.303. The normalized spacial score (nSPS) is 15.8. The third-order valence-corrected chi connectivity index (χ3v) is 2.83. The maximum Gasteiger partial charge on any atom is 0.321 e. The van der Waals surface area contributed by atoms with Crippen LogP contribution in [0.4, 0.5) is 14.9 Å². The topological polar surface area (TPSA) is 44.4 Å². The monoisotopic (exact) mass is 237 g/mol. The molecule has 2 amide bonds. The van der Waals surface area contributed by atoms with Crippen molar-refractivity contribution in [3.63, 3.8) is 0 Å². The molecule has 4 nitrogen and oxygen atoms in total. The van der Waals surface area contributed by atoms with Gasteiger partial charge in [-0.05, 0) is 24.6 Å². The van der Waals surface area contributed by atoms with Crippen molar-refractivity contribution >= 4 is 11.7 Å². The van der Waals surface area contributed by atoms with Gasteiger partial charge in [-0.25, -0.2) is 9.18 Å². The van der Waals surface area contributed by atoms with Crippen molar-refractivity contribution in [1.82, 2.24) is 10.2 Å². The van der Waals surface area contributed by atoms with Crippen molar-refractivity contribution in [2.24, 2.45) is 0 Å². The van der Waals surface area contributed by atoms with Gasteiger partial charge in [0.15, 0.2) is 0 Å². The number of hydrogen-bond donors (Lipinski definition) is 2. The Balaban J connectivity index is 1.99. The third-order valence-electron chi connectivity index (χ3n) is 2.83. The van der Waals surface area contributed by atoms with E-state index in [0.29, 0.717) is 24.3 Å². The number of amides is 2. The van der Waals surface area contributed by atoms with E-state index in [1.165, 1.54) is 6.07 Å². The molecule has 1 heterocycles. The maximum atomic E-state index is 13.3. The number of benzene rings is 1. The van der Waals surface area contributed by atoms with E-state index in [4.69, 9.17) is 0 Å². The Hall–Kier alpha value is -1.62. The number of hydrogen-bond acceptors (Lipinski definition) is 2. The molecule has 2 N–H and O–H groups in total. The Morgan fingerprint density at radius 3 is 2.76 bits per heavy atom. The molecule has 1 fully saturated rings. The van der Waals surface area contributed by atoms with Crippen LogP contribution in [0.2, 0.25) is 0 Å². The van der Waals surface area contributed by atoms with Crippen LogP contribution in [0, 0.1) is 12.7 Å². The van der Waals surface area contributed by atoms with Crippen LogP contribution in [0.3, 0.4) is 0 Å². The predicted molar refractivity (Wildman–Crippen MR) is 64.6 cm³/mol. The molecular weight excluding hydrogens is 221 g/mol. The molecule has 2 rings (SSSR count). The standard InChI is InChI=1S/C12H16FN3O/c1-9-2-3-10(8-11(9)13)15-12(17)16-6-4-14-5-7-16/h2-3,8,14H,4-7H2,1H3,(H,15,17). The van der Waals surface area contributed by atoms with Crippen molar-refractivity contribution in [2.75, 3.05) is 31.5 Å². The quantitative estimate of drug-likeness (QED) is 0.778. The first kappa shape index (κ1) is 11.9. The van der Waals surface area contributed by atoms with E-state index in [9.17, 15) is 9.18 Å². The summed E-state index contributed by atoms with van der Waals surface area (Å²) >= 11 is 0. The molecular formula is C12H16FN3O. The summed E-state index contributed by atoms with van der Waals surface area (Å²) in [7, 11) is 0. The molecule has 0 bridgehead atoms. The molecule has 0 saturated carbocycles. The average molecular weight is 237 g/mol. The molecule has 92 valence electrons. The molecule has 0 aliphatic carbocycles. The lowest BCUT2D eigenvalue weighted by Crippen LogP contribution is -2.48. The van der Waals surface area contributed by atoms with Gasteiger partial charge in [-0.3, -0.25) is 0 Å². The summed E-state index contributed by atoms with van der Waals surface area (Å²) in [5, 5.41) is 5.87. The Morgan fingerprint density at radius 2 is 2.12 bits per heavy atom. The highest BCUT2D eigenvalue weighted by atomic mass is 19.1. The van der Waals surface area contributed by atoms with E-state index < -0.39 is 0 Å². The summed E-state index contributed by atoms with van der Waals surface area (Å²) in [6, 6.07) is 4.53. The lowest BCUT2D eigenvalue weighted by molar-refractivity contribution is 0.204. The summed E-state index contributed by atoms with van der Waals surface area (Å²) < 4.78 is 13.3. The summed E-state index contributed by atoms with van der Waals surface area (Å²) in [5.41, 5.74) is 1.07. The molecule has 1 saturated heterocycles. The third kappa shape index (κ3) is 2.94. The number of halogens is 1. The lowest BCUT2D eigenvalue weighted by atomic mass is 10.2. The number of anilines is 1. The van der Waals surface area contributed by atoms with Crippen molar-refractivity contribution < 1.29 is 9.18 Å². The van der Waals surface area contributed by atoms with Gasteiger partial charge in [0.1, 0.15) is 5.82 Å². The number of carbonyl (C=O) groups is 1. The first-order chi connectivity index (χ1) is 8.16. The minimum atomic E-state index is -0.303. The Labute approximate surface area is 99.8 Å². The van der Waals surface area contributed by atoms with Gasteiger partial charge in [0.25, 0.3) is 0 Å². The first-order valence-electron chi connectivity index (χ1n) is 5.69. The smallest absolute Gasteiger partial charge is 0.321 e. The van der Waals surface area contributed by atoms with Crippen LogP contribution in [0.5, 0.6) is 0 Å². The van der Waals surface area contributed by atoms with E-state index in [0.717, 1.165) is 13.1 Å². The molecule has 1 aliphatic heterocycles. The number of urea groups is 1. The zero-order valence-electron chi connectivity index (χ0n) is 9.79. The van der Waals surface area contributed by atoms with Crippen molar-refractivity contribution in [3.8, 4) is 0 Å². The number of rotatable bonds is 1. The van der Waals surface area contributed by atoms with Crippen LogP contribution >= 0.6 is 0 Å². The van der Waals surface area contributed by atoms with Gasteiger partial charge < -0.3 is 15.5 Å². The molecule has 0 aromatic heterocycles. The van der Waals surface area contributed by atoms with Crippen LogP contribution in [0.15, 0.2) is 18.2 Å². The fourth-order valence-electron chi connectivity index (χ4n) is 1.74. The molecule has 1 aromatic carbocycles. The van der Waals surface area contributed by atoms with Gasteiger partial charge in [-0.1, -0.05) is 6.07 Å². The highest BCUT2D eigenvalue weighted by Crippen LogP contribution is 2.14. The molecule has 0 atom stereocenters. The van der Waals surface area contributed by atoms with Crippen LogP contribution in [-0.4, -0.2) is 37.1 Å². The summed E-state index contributed by atoms with van der Waals surface area (Å²) in [4.78, 5) is 13.5. The van der Waals surface area contributed by atoms with Crippen molar-refractivity contribution in [1.29, 1.82) is 0 Å². The maximum absolute atomic E-state index is 13.3. The molecule has 17 heavy (non-hydrogen) atoms. The number of nitrogens with zero attached hydrogens (tertiary/aromatic N) is 1. The Morgan fingerprint density at radius 1 is 1.41 bits per heavy atom. The van der Waals surface area contributed by atoms with Crippen LogP contribution in [0.25, 0.3) is 0 Å². The minimum absolute atomic E-state index is 0.172. The van der Waals surface area contributed by atoms with Crippen molar-refractivity contribution in [3.05, 3.63) is 29.6 Å². The second kappa shape index (κ2) is 5.14. The fraction of sp³-hybridized carbons (Fsp3) is 0.417. The van der Waals surface area contributed by atoms with Gasteiger partial charge >= 0.3 is 6.03 Å². The zero-order chi connectivity index (χ0) is 12.3. The predicted octanol–water partition coefficient (Wildman–Crippen LogP) is 1.57. The summed E-state index contributed by atoms with van der Waals surface area (Å²) in [6.45, 7) is 4.66. The fourth-order valence-corrected chi connectivity index (χ4v) is 1.74. The van der Waals surface area contributed by atoms with Crippen LogP contribution < -0.4 is 10.6 Å². The second-order valence-electron chi connectivity index (χ2n) is 4.13. The van der Waals surface area contributed by atoms with E-state index in [-0.39, 0.29) is 11.8 Å². The van der Waals surface area contributed by atoms with Crippen molar-refractivity contribution in [2.45, 2.75) is 6.92 Å². The Bertz CT molecular complexity index is 416. The average Bonchev–Trinajstić information content (AvgIpc) is 2.35. The van der Waals surface area contributed by atoms with Gasteiger partial charge in [0.2, 0.25) is 0 Å². The van der Waals surface area contributed by atoms with E-state index in [1.54, 1.807) is 24.0 Å². The van der Waals surface area contributed by atoms with Crippen LogP contribution in [-0.2, 0) is 0 Å². The zero-order valence-corrected chi connectivity index (χ0v) is 9.79. The number of piperazine rings is 1. The largest absolute Gasteiger partial charge is 0.322 e. The lowest BCUT2D eigenvalue weighted by Gasteiger charge is -2.27. The van der Waals surface area contributed by atoms with Gasteiger partial charge in [-0.2, -0.15) is 0 Å². The molecule has 0 radical (unpaired) electrons. The molecule has 5 heteroatoms. The minimum Gasteiger partial charge on any atom is -0.322 e. The Kier molecular flexibility index (Phi) is 3.58. The number of carbonyl (C=O) groups excluding carboxylic acids is 1. The molecule has 0 unspecified atom stereocenters. The van der Waals surface area contributed by atoms with Gasteiger partial charge in [0, 0.05) is 31.9 Å². The highest BCUT2D eigenvalue weighted by molar-refractivity contribution is 5.89. The van der Waals surface area contributed by atoms with E-state index in [1.807, 2.05) is 0 Å². The summed E-state index contributed by atoms with van der Waals surface area (Å²) in [6.07, 6.45) is 0. The van der Waals surface area contributed by atoms with Gasteiger partial charge in [-0.15, -0.1) is 0 Å². The highest BCUT2D eigenvalue weighted by Gasteiger charge is 2.16. The van der Waals surface area contributed by atoms with E-state index in [2.05, 4.69) is 10.6 Å². The molecule has 1 aromatic rings. The van der Waals surface area contributed by atoms with Crippen LogP contribution in [0.1, 0.15) is 5.56 Å². The van der Waals surface area contributed by atoms with E-state index >= 15 is 0 Å². The molecule has 1 aliphatic rings. The number of aryl methyl sites for hydroxylation is 1. The SMILES string of the molecule is Cc1ccc(NC(=O)N2CCNCC2)cc1F. The number of nitrogens with one attached hydrogen (secondary N) is 2. The second-order valence-corrected chi connectivity index (χ2v) is 4.13.